The van der Waals surface area contributed by atoms with Crippen molar-refractivity contribution in [2.75, 3.05) is 26.4 Å². The quantitative estimate of drug-likeness (QED) is 0.0199. The van der Waals surface area contributed by atoms with Crippen LogP contribution in [0.5, 0.6) is 0 Å². The number of rotatable bonds is 63. The normalized spacial score (nSPS) is 26.5. The first-order valence-corrected chi connectivity index (χ1v) is 40.9. The van der Waals surface area contributed by atoms with E-state index in [1.54, 1.807) is 0 Å². The van der Waals surface area contributed by atoms with Gasteiger partial charge in [0.25, 0.3) is 0 Å². The summed E-state index contributed by atoms with van der Waals surface area (Å²) in [7, 11) is 0. The van der Waals surface area contributed by atoms with Crippen LogP contribution in [0.4, 0.5) is 0 Å². The number of nitrogens with one attached hydrogen (secondary N) is 1. The molecule has 0 saturated carbocycles. The lowest BCUT2D eigenvalue weighted by Crippen LogP contribution is -2.66. The number of carbonyl (C=O) groups excluding carboxylic acids is 1. The highest BCUT2D eigenvalue weighted by Gasteiger charge is 2.54. The lowest BCUT2D eigenvalue weighted by Gasteiger charge is -2.48. The Hall–Kier alpha value is -4.07. The molecule has 17 atom stereocenters. The van der Waals surface area contributed by atoms with Gasteiger partial charge in [-0.2, -0.15) is 0 Å². The van der Waals surface area contributed by atoms with Crippen molar-refractivity contribution in [2.24, 2.45) is 0 Å². The summed E-state index contributed by atoms with van der Waals surface area (Å²) in [6.45, 7) is 1.68. The van der Waals surface area contributed by atoms with Gasteiger partial charge in [0.05, 0.1) is 38.6 Å². The van der Waals surface area contributed by atoms with Crippen LogP contribution in [0, 0.1) is 0 Å². The van der Waals surface area contributed by atoms with E-state index in [0.717, 1.165) is 128 Å². The third-order valence-electron chi connectivity index (χ3n) is 19.5. The number of aliphatic hydroxyl groups excluding tert-OH is 11. The van der Waals surface area contributed by atoms with Gasteiger partial charge in [0.15, 0.2) is 18.9 Å². The molecule has 1 amide bonds. The topological polar surface area (TPSA) is 307 Å². The molecular formula is C86H145NO18. The number of allylic oxidation sites excluding steroid dienone is 22. The molecule has 0 aromatic heterocycles. The molecule has 3 saturated heterocycles. The van der Waals surface area contributed by atoms with E-state index in [2.05, 4.69) is 153 Å². The highest BCUT2D eigenvalue weighted by atomic mass is 16.8. The Morgan fingerprint density at radius 1 is 0.352 bits per heavy atom. The van der Waals surface area contributed by atoms with Crippen molar-refractivity contribution >= 4 is 5.91 Å². The molecule has 17 unspecified atom stereocenters. The molecule has 0 bridgehead atoms. The third kappa shape index (κ3) is 44.4. The smallest absolute Gasteiger partial charge is 0.220 e. The van der Waals surface area contributed by atoms with Crippen molar-refractivity contribution in [2.45, 2.75) is 375 Å². The van der Waals surface area contributed by atoms with Gasteiger partial charge in [-0.15, -0.1) is 0 Å². The van der Waals surface area contributed by atoms with Gasteiger partial charge in [0.1, 0.15) is 73.2 Å². The molecule has 0 spiro atoms. The first kappa shape index (κ1) is 95.1. The fraction of sp³-hybridized carbons (Fsp3) is 0.733. The van der Waals surface area contributed by atoms with Crippen LogP contribution in [0.25, 0.3) is 0 Å². The Balaban J connectivity index is 1.36. The van der Waals surface area contributed by atoms with Crippen molar-refractivity contribution in [3.8, 4) is 0 Å². The minimum absolute atomic E-state index is 0.236. The number of hydrogen-bond donors (Lipinski definition) is 12. The molecular weight excluding hydrogens is 1330 g/mol. The first-order valence-electron chi connectivity index (χ1n) is 40.9. The molecule has 19 heteroatoms. The maximum Gasteiger partial charge on any atom is 0.220 e. The number of unbranched alkanes of at least 4 members (excludes halogenated alkanes) is 25. The molecule has 0 radical (unpaired) electrons. The van der Waals surface area contributed by atoms with Gasteiger partial charge in [0.2, 0.25) is 5.91 Å². The van der Waals surface area contributed by atoms with Gasteiger partial charge < -0.3 is 89.9 Å². The molecule has 3 heterocycles. The van der Waals surface area contributed by atoms with E-state index in [9.17, 15) is 61.0 Å². The van der Waals surface area contributed by atoms with Crippen LogP contribution in [0.2, 0.25) is 0 Å². The molecule has 0 aromatic carbocycles. The Morgan fingerprint density at radius 3 is 1.03 bits per heavy atom. The second-order valence-corrected chi connectivity index (χ2v) is 28.5. The van der Waals surface area contributed by atoms with Gasteiger partial charge in [-0.05, 0) is 96.3 Å². The Morgan fingerprint density at radius 2 is 0.657 bits per heavy atom. The van der Waals surface area contributed by atoms with Gasteiger partial charge in [-0.1, -0.05) is 302 Å². The number of amides is 1. The number of ether oxygens (including phenoxy) is 6. The lowest BCUT2D eigenvalue weighted by atomic mass is 9.96. The Labute approximate surface area is 632 Å². The predicted octanol–water partition coefficient (Wildman–Crippen LogP) is 14.1. The van der Waals surface area contributed by atoms with E-state index in [4.69, 9.17) is 28.4 Å². The van der Waals surface area contributed by atoms with Crippen molar-refractivity contribution in [3.05, 3.63) is 134 Å². The summed E-state index contributed by atoms with van der Waals surface area (Å²) in [5.74, 6) is -0.265. The molecule has 19 nitrogen and oxygen atoms in total. The summed E-state index contributed by atoms with van der Waals surface area (Å²) in [6, 6.07) is -0.909. The number of carbonyl (C=O) groups is 1. The molecule has 12 N–H and O–H groups in total. The van der Waals surface area contributed by atoms with Crippen LogP contribution in [0.15, 0.2) is 134 Å². The zero-order valence-corrected chi connectivity index (χ0v) is 64.4. The highest BCUT2D eigenvalue weighted by Crippen LogP contribution is 2.33. The van der Waals surface area contributed by atoms with Gasteiger partial charge >= 0.3 is 0 Å². The predicted molar refractivity (Wildman–Crippen MR) is 419 cm³/mol. The molecule has 3 aliphatic heterocycles. The fourth-order valence-electron chi connectivity index (χ4n) is 13.0. The lowest BCUT2D eigenvalue weighted by molar-refractivity contribution is -0.379. The number of aliphatic hydroxyl groups is 11. The van der Waals surface area contributed by atoms with Gasteiger partial charge in [-0.3, -0.25) is 4.79 Å². The van der Waals surface area contributed by atoms with Crippen molar-refractivity contribution in [1.82, 2.24) is 5.32 Å². The van der Waals surface area contributed by atoms with E-state index in [1.807, 2.05) is 0 Å². The molecule has 3 rings (SSSR count). The van der Waals surface area contributed by atoms with Crippen molar-refractivity contribution in [1.29, 1.82) is 0 Å². The maximum atomic E-state index is 13.5. The van der Waals surface area contributed by atoms with Gasteiger partial charge in [0, 0.05) is 6.42 Å². The van der Waals surface area contributed by atoms with E-state index in [1.165, 1.54) is 109 Å². The van der Waals surface area contributed by atoms with Crippen molar-refractivity contribution in [3.63, 3.8) is 0 Å². The van der Waals surface area contributed by atoms with E-state index < -0.39 is 124 Å². The SMILES string of the molecule is CC/C=C\C/C=C\C/C=C\C/C=C\C/C=C\C/C=C\C/C=C\C/C=C\C/C=C\C/C=C\C/C=C\CCCCCCCC(=O)NC(COC1OC(CO)C(OC2OC(CO)C(OC3OC(CO)C(O)C(O)C3O)C(O)C2O)C(O)C1O)C(O)CCCCCCCCCCCCCCCCCCCCCCC. The summed E-state index contributed by atoms with van der Waals surface area (Å²) < 4.78 is 34.5. The molecule has 105 heavy (non-hydrogen) atoms. The zero-order chi connectivity index (χ0) is 76.0. The molecule has 3 fully saturated rings. The fourth-order valence-corrected chi connectivity index (χ4v) is 13.0. The third-order valence-corrected chi connectivity index (χ3v) is 19.5. The van der Waals surface area contributed by atoms with Crippen molar-refractivity contribution < 1.29 is 89.4 Å². The molecule has 0 aliphatic carbocycles. The minimum Gasteiger partial charge on any atom is -0.394 e. The van der Waals surface area contributed by atoms with Crippen LogP contribution in [-0.4, -0.2) is 193 Å². The summed E-state index contributed by atoms with van der Waals surface area (Å²) >= 11 is 0. The molecule has 602 valence electrons. The summed E-state index contributed by atoms with van der Waals surface area (Å²) in [6.07, 6.45) is 65.3. The van der Waals surface area contributed by atoms with Gasteiger partial charge in [-0.25, -0.2) is 0 Å². The van der Waals surface area contributed by atoms with E-state index in [-0.39, 0.29) is 18.9 Å². The summed E-state index contributed by atoms with van der Waals surface area (Å²) in [4.78, 5) is 13.5. The monoisotopic (exact) mass is 1480 g/mol. The van der Waals surface area contributed by atoms with Crippen LogP contribution < -0.4 is 5.32 Å². The van der Waals surface area contributed by atoms with Crippen LogP contribution in [-0.2, 0) is 33.2 Å². The van der Waals surface area contributed by atoms with Crippen LogP contribution >= 0.6 is 0 Å². The highest BCUT2D eigenvalue weighted by molar-refractivity contribution is 5.76. The minimum atomic E-state index is -1.98. The zero-order valence-electron chi connectivity index (χ0n) is 64.4. The summed E-state index contributed by atoms with van der Waals surface area (Å²) in [5, 5.41) is 121. The first-order chi connectivity index (χ1) is 51.3. The second-order valence-electron chi connectivity index (χ2n) is 28.5. The van der Waals surface area contributed by atoms with Crippen LogP contribution in [0.1, 0.15) is 271 Å². The molecule has 3 aliphatic rings. The van der Waals surface area contributed by atoms with E-state index >= 15 is 0 Å². The van der Waals surface area contributed by atoms with Crippen LogP contribution in [0.3, 0.4) is 0 Å². The van der Waals surface area contributed by atoms with E-state index in [0.29, 0.717) is 12.8 Å². The average Bonchev–Trinajstić information content (AvgIpc) is 0.780. The maximum absolute atomic E-state index is 13.5. The number of hydrogen-bond acceptors (Lipinski definition) is 18. The average molecular weight is 1480 g/mol. The molecule has 0 aromatic rings. The second kappa shape index (κ2) is 64.7. The standard InChI is InChI=1S/C86H145NO18/c1-3-5-7-9-11-13-15-17-19-21-23-25-26-27-28-29-30-31-32-33-34-35-36-37-38-39-40-41-42-44-46-48-50-52-54-56-58-60-62-64-74(92)87-69(70(91)63-61-59-57-55-53-51-49-47-45-43-24-22-20-18-16-14-12-10-8-6-4-2)68-100-84-80(98)77(95)82(72(66-89)102-84)105-86-81(99)78(96)83(73(67-90)103-86)104-85-79(97)76(94)75(93)71(65-88)101-85/h5,7,11,13,17,19,23,25,27-28,30-31,33-34,36-37,39-40,42,44,48,50,69-73,75-86,88-91,93-99H,3-4,6,8-10,12,14-16,18,20-22,24,26,29,32,35,38,41,43,45-47,49,51-68H2,1-2H3,(H,87,92)/b7-5-,13-11-,19-17-,25-23-,28-27-,31-30-,34-33-,37-36-,40-39-,44-42-,50-48-. The largest absolute Gasteiger partial charge is 0.394 e. The Kier molecular flexibility index (Phi) is 58.6. The summed E-state index contributed by atoms with van der Waals surface area (Å²) in [5.41, 5.74) is 0. The Bertz CT molecular complexity index is 2420.